The van der Waals surface area contributed by atoms with Crippen molar-refractivity contribution in [2.24, 2.45) is 0 Å². The van der Waals surface area contributed by atoms with Crippen LogP contribution in [-0.4, -0.2) is 85.6 Å². The van der Waals surface area contributed by atoms with Crippen LogP contribution >= 0.6 is 0 Å². The van der Waals surface area contributed by atoms with Crippen molar-refractivity contribution in [3.63, 3.8) is 0 Å². The summed E-state index contributed by atoms with van der Waals surface area (Å²) in [4.78, 5) is 19.1. The number of piperidine rings is 1. The zero-order valence-electron chi connectivity index (χ0n) is 11.3. The molecule has 3 saturated heterocycles. The average molecular weight is 252 g/mol. The highest BCUT2D eigenvalue weighted by Gasteiger charge is 2.38. The van der Waals surface area contributed by atoms with E-state index in [0.717, 1.165) is 45.8 Å². The summed E-state index contributed by atoms with van der Waals surface area (Å²) in [6.45, 7) is 7.34. The molecule has 3 fully saturated rings. The lowest BCUT2D eigenvalue weighted by atomic mass is 10.0. The van der Waals surface area contributed by atoms with Gasteiger partial charge in [0.05, 0.1) is 0 Å². The van der Waals surface area contributed by atoms with Gasteiger partial charge in [-0.1, -0.05) is 0 Å². The number of likely N-dealkylation sites (N-methyl/N-ethyl adjacent to an activating group) is 1. The topological polar surface area (TPSA) is 38.8 Å². The Labute approximate surface area is 109 Å². The van der Waals surface area contributed by atoms with Crippen LogP contribution in [0.2, 0.25) is 0 Å². The standard InChI is InChI=1S/C13H24N4O/c1-15-6-7-16-8-9-17(10-12(16)13(15)18)11-2-4-14-5-3-11/h11-12,14H,2-10H2,1H3/t12-/m1/s1. The first-order valence-electron chi connectivity index (χ1n) is 7.19. The van der Waals surface area contributed by atoms with Crippen molar-refractivity contribution in [3.05, 3.63) is 0 Å². The van der Waals surface area contributed by atoms with Gasteiger partial charge in [-0.05, 0) is 25.9 Å². The van der Waals surface area contributed by atoms with Crippen molar-refractivity contribution < 1.29 is 4.79 Å². The van der Waals surface area contributed by atoms with Gasteiger partial charge in [0, 0.05) is 45.8 Å². The van der Waals surface area contributed by atoms with Crippen molar-refractivity contribution in [2.45, 2.75) is 24.9 Å². The molecule has 0 aromatic carbocycles. The van der Waals surface area contributed by atoms with E-state index in [4.69, 9.17) is 0 Å². The van der Waals surface area contributed by atoms with E-state index in [0.29, 0.717) is 11.9 Å². The molecule has 102 valence electrons. The van der Waals surface area contributed by atoms with E-state index in [1.807, 2.05) is 11.9 Å². The molecule has 18 heavy (non-hydrogen) atoms. The Kier molecular flexibility index (Phi) is 3.54. The van der Waals surface area contributed by atoms with Gasteiger partial charge in [0.15, 0.2) is 0 Å². The Bertz CT molecular complexity index is 316. The zero-order valence-corrected chi connectivity index (χ0v) is 11.3. The molecule has 3 aliphatic heterocycles. The Morgan fingerprint density at radius 1 is 1.06 bits per heavy atom. The van der Waals surface area contributed by atoms with Crippen LogP contribution in [0.4, 0.5) is 0 Å². The predicted octanol–water partition coefficient (Wildman–Crippen LogP) is -0.803. The number of nitrogens with zero attached hydrogens (tertiary/aromatic N) is 3. The Balaban J connectivity index is 1.65. The minimum absolute atomic E-state index is 0.118. The van der Waals surface area contributed by atoms with Crippen molar-refractivity contribution in [1.82, 2.24) is 20.0 Å². The van der Waals surface area contributed by atoms with E-state index in [9.17, 15) is 4.79 Å². The smallest absolute Gasteiger partial charge is 0.241 e. The second kappa shape index (κ2) is 5.15. The lowest BCUT2D eigenvalue weighted by Crippen LogP contribution is -2.65. The van der Waals surface area contributed by atoms with Crippen molar-refractivity contribution in [2.75, 3.05) is 52.9 Å². The summed E-state index contributed by atoms with van der Waals surface area (Å²) >= 11 is 0. The SMILES string of the molecule is CN1CCN2CCN(C3CCNCC3)C[C@@H]2C1=O. The first kappa shape index (κ1) is 12.4. The number of rotatable bonds is 1. The molecule has 0 aromatic heterocycles. The monoisotopic (exact) mass is 252 g/mol. The molecule has 5 heteroatoms. The number of nitrogens with one attached hydrogen (secondary N) is 1. The summed E-state index contributed by atoms with van der Waals surface area (Å²) in [5.74, 6) is 0.319. The minimum Gasteiger partial charge on any atom is -0.343 e. The molecular formula is C13H24N4O. The third kappa shape index (κ3) is 2.27. The summed E-state index contributed by atoms with van der Waals surface area (Å²) in [7, 11) is 1.93. The van der Waals surface area contributed by atoms with E-state index in [1.54, 1.807) is 0 Å². The van der Waals surface area contributed by atoms with Gasteiger partial charge in [0.2, 0.25) is 5.91 Å². The van der Waals surface area contributed by atoms with Gasteiger partial charge in [-0.25, -0.2) is 0 Å². The molecule has 0 radical (unpaired) electrons. The number of amides is 1. The number of hydrogen-bond donors (Lipinski definition) is 1. The summed E-state index contributed by atoms with van der Waals surface area (Å²) in [5, 5.41) is 3.41. The van der Waals surface area contributed by atoms with Crippen molar-refractivity contribution in [1.29, 1.82) is 0 Å². The average Bonchev–Trinajstić information content (AvgIpc) is 2.44. The first-order chi connectivity index (χ1) is 8.75. The Hall–Kier alpha value is -0.650. The van der Waals surface area contributed by atoms with Gasteiger partial charge in [-0.15, -0.1) is 0 Å². The van der Waals surface area contributed by atoms with Gasteiger partial charge in [-0.3, -0.25) is 14.6 Å². The van der Waals surface area contributed by atoms with Crippen LogP contribution in [0.1, 0.15) is 12.8 Å². The molecule has 0 bridgehead atoms. The lowest BCUT2D eigenvalue weighted by molar-refractivity contribution is -0.144. The Morgan fingerprint density at radius 2 is 1.72 bits per heavy atom. The number of carbonyl (C=O) groups excluding carboxylic acids is 1. The van der Waals surface area contributed by atoms with E-state index >= 15 is 0 Å². The Morgan fingerprint density at radius 3 is 2.50 bits per heavy atom. The molecule has 0 aromatic rings. The normalized spacial score (nSPS) is 32.6. The molecular weight excluding hydrogens is 228 g/mol. The van der Waals surface area contributed by atoms with Crippen LogP contribution < -0.4 is 5.32 Å². The van der Waals surface area contributed by atoms with Gasteiger partial charge < -0.3 is 10.2 Å². The number of hydrogen-bond acceptors (Lipinski definition) is 4. The van der Waals surface area contributed by atoms with Crippen LogP contribution in [0, 0.1) is 0 Å². The second-order valence-electron chi connectivity index (χ2n) is 5.79. The van der Waals surface area contributed by atoms with Crippen LogP contribution in [0.25, 0.3) is 0 Å². The van der Waals surface area contributed by atoms with E-state index in [-0.39, 0.29) is 6.04 Å². The molecule has 3 heterocycles. The van der Waals surface area contributed by atoms with E-state index in [2.05, 4.69) is 15.1 Å². The summed E-state index contributed by atoms with van der Waals surface area (Å²) in [6.07, 6.45) is 2.47. The van der Waals surface area contributed by atoms with E-state index in [1.165, 1.54) is 12.8 Å². The predicted molar refractivity (Wildman–Crippen MR) is 70.5 cm³/mol. The molecule has 1 atom stereocenters. The highest BCUT2D eigenvalue weighted by molar-refractivity contribution is 5.82. The molecule has 1 N–H and O–H groups in total. The minimum atomic E-state index is 0.118. The highest BCUT2D eigenvalue weighted by atomic mass is 16.2. The van der Waals surface area contributed by atoms with Crippen LogP contribution in [0.3, 0.4) is 0 Å². The van der Waals surface area contributed by atoms with Crippen LogP contribution in [0.15, 0.2) is 0 Å². The number of carbonyl (C=O) groups is 1. The summed E-state index contributed by atoms with van der Waals surface area (Å²) in [5.41, 5.74) is 0. The zero-order chi connectivity index (χ0) is 12.5. The second-order valence-corrected chi connectivity index (χ2v) is 5.79. The van der Waals surface area contributed by atoms with Crippen molar-refractivity contribution in [3.8, 4) is 0 Å². The van der Waals surface area contributed by atoms with E-state index < -0.39 is 0 Å². The summed E-state index contributed by atoms with van der Waals surface area (Å²) in [6, 6.07) is 0.806. The van der Waals surface area contributed by atoms with Gasteiger partial charge in [0.25, 0.3) is 0 Å². The van der Waals surface area contributed by atoms with Crippen LogP contribution in [-0.2, 0) is 4.79 Å². The first-order valence-corrected chi connectivity index (χ1v) is 7.19. The van der Waals surface area contributed by atoms with Gasteiger partial charge >= 0.3 is 0 Å². The van der Waals surface area contributed by atoms with Gasteiger partial charge in [0.1, 0.15) is 6.04 Å². The maximum absolute atomic E-state index is 12.2. The number of fused-ring (bicyclic) bond motifs is 1. The molecule has 0 aliphatic carbocycles. The maximum Gasteiger partial charge on any atom is 0.241 e. The fraction of sp³-hybridized carbons (Fsp3) is 0.923. The molecule has 0 spiro atoms. The lowest BCUT2D eigenvalue weighted by Gasteiger charge is -2.48. The largest absolute Gasteiger partial charge is 0.343 e. The van der Waals surface area contributed by atoms with Gasteiger partial charge in [-0.2, -0.15) is 0 Å². The fourth-order valence-corrected chi connectivity index (χ4v) is 3.49. The third-order valence-electron chi connectivity index (χ3n) is 4.73. The van der Waals surface area contributed by atoms with Crippen LogP contribution in [0.5, 0.6) is 0 Å². The quantitative estimate of drug-likeness (QED) is 0.663. The highest BCUT2D eigenvalue weighted by Crippen LogP contribution is 2.20. The fourth-order valence-electron chi connectivity index (χ4n) is 3.49. The number of piperazine rings is 2. The summed E-state index contributed by atoms with van der Waals surface area (Å²) < 4.78 is 0. The molecule has 3 aliphatic rings. The molecule has 5 nitrogen and oxygen atoms in total. The molecule has 0 unspecified atom stereocenters. The molecule has 3 rings (SSSR count). The third-order valence-corrected chi connectivity index (χ3v) is 4.73. The van der Waals surface area contributed by atoms with Crippen molar-refractivity contribution >= 4 is 5.91 Å². The molecule has 1 amide bonds. The molecule has 0 saturated carbocycles. The maximum atomic E-state index is 12.2.